The van der Waals surface area contributed by atoms with Crippen LogP contribution >= 0.6 is 0 Å². The first-order valence-corrected chi connectivity index (χ1v) is 14.7. The predicted molar refractivity (Wildman–Crippen MR) is 162 cm³/mol. The summed E-state index contributed by atoms with van der Waals surface area (Å²) in [6.07, 6.45) is 0.658. The molecule has 6 aromatic rings. The number of hydrogen-bond donors (Lipinski definition) is 2. The third kappa shape index (κ3) is 8.59. The Morgan fingerprint density at radius 3 is 2.24 bits per heavy atom. The van der Waals surface area contributed by atoms with Crippen molar-refractivity contribution in [3.63, 3.8) is 0 Å². The van der Waals surface area contributed by atoms with Crippen LogP contribution in [0.25, 0.3) is 22.2 Å². The second-order valence-electron chi connectivity index (χ2n) is 9.47. The molecule has 0 amide bonds. The van der Waals surface area contributed by atoms with E-state index in [2.05, 4.69) is 25.3 Å². The summed E-state index contributed by atoms with van der Waals surface area (Å²) < 4.78 is 73.8. The SMILES string of the molecule is FC(F)(F)c1ccc(Nc2cc(-c3ccc4cccnc4c3)nc(OCc3cccnc3)n2)cc1.O=S(=O)(O)c1ccccc1. The average molecular weight is 632 g/mol. The van der Waals surface area contributed by atoms with Gasteiger partial charge in [-0.2, -0.15) is 31.6 Å². The van der Waals surface area contributed by atoms with E-state index < -0.39 is 21.9 Å². The van der Waals surface area contributed by atoms with E-state index in [1.54, 1.807) is 48.9 Å². The van der Waals surface area contributed by atoms with Crippen LogP contribution < -0.4 is 10.1 Å². The molecule has 6 rings (SSSR count). The van der Waals surface area contributed by atoms with Gasteiger partial charge in [0.25, 0.3) is 10.1 Å². The van der Waals surface area contributed by atoms with E-state index in [0.717, 1.165) is 34.2 Å². The standard InChI is InChI=1S/C26H18F3N5O.C6H6O3S/c27-26(28,29)20-7-9-21(10-8-20)32-24-14-23(19-6-5-18-4-2-12-31-22(18)13-19)33-25(34-24)35-16-17-3-1-11-30-15-17;7-10(8,9)6-4-2-1-3-5-6/h1-15H,16H2,(H,32,33,34);1-5H,(H,7,8,9). The van der Waals surface area contributed by atoms with E-state index in [1.807, 2.05) is 36.4 Å². The summed E-state index contributed by atoms with van der Waals surface area (Å²) in [5, 5.41) is 4.03. The summed E-state index contributed by atoms with van der Waals surface area (Å²) >= 11 is 0. The van der Waals surface area contributed by atoms with Crippen molar-refractivity contribution in [2.75, 3.05) is 5.32 Å². The predicted octanol–water partition coefficient (Wildman–Crippen LogP) is 7.36. The lowest BCUT2D eigenvalue weighted by Crippen LogP contribution is -2.05. The molecule has 0 fully saturated rings. The molecule has 0 saturated heterocycles. The number of aromatic nitrogens is 4. The fourth-order valence-electron chi connectivity index (χ4n) is 4.04. The van der Waals surface area contributed by atoms with Crippen LogP contribution in [0.15, 0.2) is 127 Å². The number of ether oxygens (including phenoxy) is 1. The largest absolute Gasteiger partial charge is 0.458 e. The Kier molecular flexibility index (Phi) is 9.31. The van der Waals surface area contributed by atoms with Gasteiger partial charge in [-0.3, -0.25) is 14.5 Å². The van der Waals surface area contributed by atoms with Gasteiger partial charge < -0.3 is 10.1 Å². The highest BCUT2D eigenvalue weighted by Gasteiger charge is 2.30. The van der Waals surface area contributed by atoms with Crippen LogP contribution in [-0.2, 0) is 22.9 Å². The molecule has 2 N–H and O–H groups in total. The molecular weight excluding hydrogens is 607 g/mol. The first-order valence-electron chi connectivity index (χ1n) is 13.3. The van der Waals surface area contributed by atoms with Gasteiger partial charge in [-0.1, -0.05) is 42.5 Å². The van der Waals surface area contributed by atoms with Crippen LogP contribution in [-0.4, -0.2) is 32.9 Å². The number of fused-ring (bicyclic) bond motifs is 1. The van der Waals surface area contributed by atoms with Crippen molar-refractivity contribution in [2.24, 2.45) is 0 Å². The number of nitrogens with zero attached hydrogens (tertiary/aromatic N) is 4. The number of halogens is 3. The molecule has 0 atom stereocenters. The summed E-state index contributed by atoms with van der Waals surface area (Å²) in [7, 11) is -4.00. The molecule has 3 heterocycles. The molecule has 0 bridgehead atoms. The minimum absolute atomic E-state index is 0.0741. The summed E-state index contributed by atoms with van der Waals surface area (Å²) in [5.74, 6) is 0.372. The normalized spacial score (nSPS) is 11.4. The molecule has 45 heavy (non-hydrogen) atoms. The molecular formula is C32H24F3N5O4S. The molecule has 3 aromatic carbocycles. The Labute approximate surface area is 256 Å². The van der Waals surface area contributed by atoms with Crippen LogP contribution in [0.4, 0.5) is 24.7 Å². The van der Waals surface area contributed by atoms with Gasteiger partial charge in [0.1, 0.15) is 12.4 Å². The van der Waals surface area contributed by atoms with Crippen molar-refractivity contribution in [2.45, 2.75) is 17.7 Å². The summed E-state index contributed by atoms with van der Waals surface area (Å²) in [4.78, 5) is 17.3. The molecule has 228 valence electrons. The first-order chi connectivity index (χ1) is 21.5. The van der Waals surface area contributed by atoms with E-state index in [-0.39, 0.29) is 17.5 Å². The minimum atomic E-state index is -4.40. The molecule has 9 nitrogen and oxygen atoms in total. The van der Waals surface area contributed by atoms with Crippen LogP contribution in [0, 0.1) is 0 Å². The molecule has 13 heteroatoms. The lowest BCUT2D eigenvalue weighted by molar-refractivity contribution is -0.137. The van der Waals surface area contributed by atoms with E-state index in [4.69, 9.17) is 9.29 Å². The average Bonchev–Trinajstić information content (AvgIpc) is 3.04. The van der Waals surface area contributed by atoms with Gasteiger partial charge in [-0.25, -0.2) is 0 Å². The smallest absolute Gasteiger partial charge is 0.416 e. The van der Waals surface area contributed by atoms with Crippen LogP contribution in [0.2, 0.25) is 0 Å². The van der Waals surface area contributed by atoms with Gasteiger partial charge >= 0.3 is 12.2 Å². The third-order valence-electron chi connectivity index (χ3n) is 6.22. The Morgan fingerprint density at radius 2 is 1.58 bits per heavy atom. The third-order valence-corrected chi connectivity index (χ3v) is 7.09. The Hall–Kier alpha value is -5.40. The van der Waals surface area contributed by atoms with Gasteiger partial charge in [0.05, 0.1) is 21.7 Å². The number of alkyl halides is 3. The highest BCUT2D eigenvalue weighted by molar-refractivity contribution is 7.85. The quantitative estimate of drug-likeness (QED) is 0.174. The second kappa shape index (κ2) is 13.5. The van der Waals surface area contributed by atoms with Crippen LogP contribution in [0.5, 0.6) is 6.01 Å². The summed E-state index contributed by atoms with van der Waals surface area (Å²) in [5.41, 5.74) is 2.73. The second-order valence-corrected chi connectivity index (χ2v) is 10.9. The fraction of sp³-hybridized carbons (Fsp3) is 0.0625. The van der Waals surface area contributed by atoms with E-state index in [1.165, 1.54) is 24.3 Å². The van der Waals surface area contributed by atoms with Crippen molar-refractivity contribution in [3.8, 4) is 17.3 Å². The lowest BCUT2D eigenvalue weighted by atomic mass is 10.1. The van der Waals surface area contributed by atoms with Crippen LogP contribution in [0.1, 0.15) is 11.1 Å². The maximum atomic E-state index is 12.9. The summed E-state index contributed by atoms with van der Waals surface area (Å²) in [6, 6.07) is 27.2. The van der Waals surface area contributed by atoms with E-state index in [0.29, 0.717) is 17.2 Å². The zero-order valence-corrected chi connectivity index (χ0v) is 24.1. The van der Waals surface area contributed by atoms with Crippen molar-refractivity contribution in [3.05, 3.63) is 133 Å². The van der Waals surface area contributed by atoms with E-state index in [9.17, 15) is 21.6 Å². The Morgan fingerprint density at radius 1 is 0.822 bits per heavy atom. The minimum Gasteiger partial charge on any atom is -0.458 e. The maximum Gasteiger partial charge on any atom is 0.416 e. The number of hydrogen-bond acceptors (Lipinski definition) is 8. The van der Waals surface area contributed by atoms with Gasteiger partial charge in [0, 0.05) is 46.9 Å². The highest BCUT2D eigenvalue weighted by atomic mass is 32.2. The zero-order chi connectivity index (χ0) is 31.9. The van der Waals surface area contributed by atoms with Gasteiger partial charge in [0.2, 0.25) is 0 Å². The summed E-state index contributed by atoms with van der Waals surface area (Å²) in [6.45, 7) is 0.205. The van der Waals surface area contributed by atoms with Crippen molar-refractivity contribution in [1.29, 1.82) is 0 Å². The first kappa shape index (κ1) is 31.0. The molecule has 0 aliphatic carbocycles. The van der Waals surface area contributed by atoms with E-state index >= 15 is 0 Å². The Bertz CT molecular complexity index is 2000. The van der Waals surface area contributed by atoms with Gasteiger partial charge in [-0.05, 0) is 54.6 Å². The molecule has 0 saturated carbocycles. The maximum absolute atomic E-state index is 12.9. The number of nitrogens with one attached hydrogen (secondary N) is 1. The van der Waals surface area contributed by atoms with Crippen molar-refractivity contribution in [1.82, 2.24) is 19.9 Å². The molecule has 0 spiro atoms. The highest BCUT2D eigenvalue weighted by Crippen LogP contribution is 2.31. The number of pyridine rings is 2. The molecule has 0 radical (unpaired) electrons. The monoisotopic (exact) mass is 631 g/mol. The lowest BCUT2D eigenvalue weighted by Gasteiger charge is -2.12. The fourth-order valence-corrected chi connectivity index (χ4v) is 4.54. The van der Waals surface area contributed by atoms with Crippen molar-refractivity contribution >= 4 is 32.5 Å². The van der Waals surface area contributed by atoms with Crippen molar-refractivity contribution < 1.29 is 30.9 Å². The number of rotatable bonds is 7. The number of benzene rings is 3. The zero-order valence-electron chi connectivity index (χ0n) is 23.3. The van der Waals surface area contributed by atoms with Crippen LogP contribution in [0.3, 0.4) is 0 Å². The molecule has 0 unspecified atom stereocenters. The molecule has 0 aliphatic heterocycles. The van der Waals surface area contributed by atoms with Gasteiger partial charge in [0.15, 0.2) is 0 Å². The number of anilines is 2. The van der Waals surface area contributed by atoms with Gasteiger partial charge in [-0.15, -0.1) is 0 Å². The topological polar surface area (TPSA) is 127 Å². The molecule has 3 aromatic heterocycles. The Balaban J connectivity index is 0.000000342. The molecule has 0 aliphatic rings.